The predicted octanol–water partition coefficient (Wildman–Crippen LogP) is 4.80. The lowest BCUT2D eigenvalue weighted by Crippen LogP contribution is -2.53. The van der Waals surface area contributed by atoms with Gasteiger partial charge in [0, 0.05) is 49.3 Å². The molecule has 0 aromatic heterocycles. The maximum atomic E-state index is 12.8. The van der Waals surface area contributed by atoms with Gasteiger partial charge in [-0.05, 0) is 50.2 Å². The van der Waals surface area contributed by atoms with Gasteiger partial charge < -0.3 is 19.7 Å². The van der Waals surface area contributed by atoms with Crippen LogP contribution in [0.4, 0.5) is 0 Å². The molecule has 2 atom stereocenters. The monoisotopic (exact) mass is 561 g/mol. The quantitative estimate of drug-likeness (QED) is 0.475. The molecule has 1 N–H and O–H groups in total. The smallest absolute Gasteiger partial charge is 0.263 e. The van der Waals surface area contributed by atoms with Crippen LogP contribution in [-0.2, 0) is 9.59 Å². The molecule has 190 valence electrons. The standard InChI is InChI=1S/C24H27Cl4N3O4/c1-15(34-21-5-3-17(25)13-19(21)27)23(32)29-7-8-30-9-11-31(12-10-30)24(33)16(2)35-22-6-4-18(26)14-20(22)28/h3-6,13-16H,7-12H2,1-2H3,(H,29,32). The first-order chi connectivity index (χ1) is 16.6. The van der Waals surface area contributed by atoms with Crippen LogP contribution in [0.15, 0.2) is 36.4 Å². The van der Waals surface area contributed by atoms with E-state index < -0.39 is 12.2 Å². The molecule has 0 spiro atoms. The lowest BCUT2D eigenvalue weighted by atomic mass is 10.2. The van der Waals surface area contributed by atoms with Crippen molar-refractivity contribution < 1.29 is 19.1 Å². The fraction of sp³-hybridized carbons (Fsp3) is 0.417. The molecular formula is C24H27Cl4N3O4. The zero-order chi connectivity index (χ0) is 25.5. The number of piperazine rings is 1. The van der Waals surface area contributed by atoms with Crippen molar-refractivity contribution in [1.29, 1.82) is 0 Å². The molecule has 3 rings (SSSR count). The number of ether oxygens (including phenoxy) is 2. The van der Waals surface area contributed by atoms with Gasteiger partial charge >= 0.3 is 0 Å². The molecule has 2 unspecified atom stereocenters. The highest BCUT2D eigenvalue weighted by molar-refractivity contribution is 6.36. The van der Waals surface area contributed by atoms with E-state index in [1.54, 1.807) is 55.1 Å². The van der Waals surface area contributed by atoms with Gasteiger partial charge in [0.1, 0.15) is 11.5 Å². The van der Waals surface area contributed by atoms with Crippen LogP contribution >= 0.6 is 46.4 Å². The van der Waals surface area contributed by atoms with Gasteiger partial charge in [-0.1, -0.05) is 46.4 Å². The fourth-order valence-electron chi connectivity index (χ4n) is 3.56. The van der Waals surface area contributed by atoms with Crippen LogP contribution in [0, 0.1) is 0 Å². The number of hydrogen-bond donors (Lipinski definition) is 1. The minimum absolute atomic E-state index is 0.101. The summed E-state index contributed by atoms with van der Waals surface area (Å²) in [7, 11) is 0. The second-order valence-electron chi connectivity index (χ2n) is 8.13. The normalized spacial score (nSPS) is 15.9. The van der Waals surface area contributed by atoms with Crippen LogP contribution < -0.4 is 14.8 Å². The van der Waals surface area contributed by atoms with E-state index in [2.05, 4.69) is 10.2 Å². The van der Waals surface area contributed by atoms with Gasteiger partial charge in [0.25, 0.3) is 11.8 Å². The zero-order valence-electron chi connectivity index (χ0n) is 19.4. The topological polar surface area (TPSA) is 71.1 Å². The molecule has 7 nitrogen and oxygen atoms in total. The summed E-state index contributed by atoms with van der Waals surface area (Å²) >= 11 is 24.0. The summed E-state index contributed by atoms with van der Waals surface area (Å²) in [6, 6.07) is 9.73. The van der Waals surface area contributed by atoms with Gasteiger partial charge in [0.05, 0.1) is 10.0 Å². The summed E-state index contributed by atoms with van der Waals surface area (Å²) in [5.74, 6) is 0.478. The van der Waals surface area contributed by atoms with Crippen LogP contribution in [0.1, 0.15) is 13.8 Å². The van der Waals surface area contributed by atoms with Gasteiger partial charge in [0.2, 0.25) is 0 Å². The molecule has 2 aromatic rings. The number of rotatable bonds is 9. The van der Waals surface area contributed by atoms with Crippen molar-refractivity contribution in [2.45, 2.75) is 26.1 Å². The van der Waals surface area contributed by atoms with Crippen molar-refractivity contribution in [2.24, 2.45) is 0 Å². The second kappa shape index (κ2) is 12.9. The van der Waals surface area contributed by atoms with Gasteiger partial charge in [-0.3, -0.25) is 14.5 Å². The van der Waals surface area contributed by atoms with Crippen molar-refractivity contribution >= 4 is 58.2 Å². The Morgan fingerprint density at radius 1 is 0.857 bits per heavy atom. The van der Waals surface area contributed by atoms with Crippen LogP contribution in [0.25, 0.3) is 0 Å². The summed E-state index contributed by atoms with van der Waals surface area (Å²) in [6.07, 6.45) is -1.38. The minimum Gasteiger partial charge on any atom is -0.479 e. The maximum absolute atomic E-state index is 12.8. The third-order valence-electron chi connectivity index (χ3n) is 5.52. The average molecular weight is 563 g/mol. The first-order valence-corrected chi connectivity index (χ1v) is 12.7. The lowest BCUT2D eigenvalue weighted by Gasteiger charge is -2.36. The number of carbonyl (C=O) groups excluding carboxylic acids is 2. The third-order valence-corrected chi connectivity index (χ3v) is 6.58. The molecule has 35 heavy (non-hydrogen) atoms. The predicted molar refractivity (Wildman–Crippen MR) is 139 cm³/mol. The first-order valence-electron chi connectivity index (χ1n) is 11.2. The van der Waals surface area contributed by atoms with Crippen molar-refractivity contribution in [3.63, 3.8) is 0 Å². The summed E-state index contributed by atoms with van der Waals surface area (Å²) in [4.78, 5) is 29.1. The highest BCUT2D eigenvalue weighted by Gasteiger charge is 2.26. The molecule has 1 aliphatic rings. The van der Waals surface area contributed by atoms with Crippen molar-refractivity contribution in [1.82, 2.24) is 15.1 Å². The number of benzene rings is 2. The average Bonchev–Trinajstić information content (AvgIpc) is 2.82. The van der Waals surface area contributed by atoms with E-state index in [1.807, 2.05) is 0 Å². The summed E-state index contributed by atoms with van der Waals surface area (Å²) < 4.78 is 11.4. The Hall–Kier alpha value is -1.90. The SMILES string of the molecule is CC(Oc1ccc(Cl)cc1Cl)C(=O)NCCN1CCN(C(=O)C(C)Oc2ccc(Cl)cc2Cl)CC1. The molecular weight excluding hydrogens is 536 g/mol. The number of hydrogen-bond acceptors (Lipinski definition) is 5. The molecule has 1 heterocycles. The maximum Gasteiger partial charge on any atom is 0.263 e. The van der Waals surface area contributed by atoms with Crippen LogP contribution in [0.2, 0.25) is 20.1 Å². The van der Waals surface area contributed by atoms with E-state index >= 15 is 0 Å². The number of nitrogens with one attached hydrogen (secondary N) is 1. The van der Waals surface area contributed by atoms with Gasteiger partial charge in [-0.2, -0.15) is 0 Å². The van der Waals surface area contributed by atoms with E-state index in [-0.39, 0.29) is 11.8 Å². The highest BCUT2D eigenvalue weighted by atomic mass is 35.5. The van der Waals surface area contributed by atoms with E-state index in [9.17, 15) is 9.59 Å². The summed E-state index contributed by atoms with van der Waals surface area (Å²) in [5, 5.41) is 4.58. The van der Waals surface area contributed by atoms with Gasteiger partial charge in [-0.15, -0.1) is 0 Å². The Labute approximate surface area is 225 Å². The van der Waals surface area contributed by atoms with E-state index in [1.165, 1.54) is 0 Å². The molecule has 1 fully saturated rings. The first kappa shape index (κ1) is 27.7. The number of halogens is 4. The van der Waals surface area contributed by atoms with E-state index in [0.29, 0.717) is 70.9 Å². The van der Waals surface area contributed by atoms with Crippen LogP contribution in [0.3, 0.4) is 0 Å². The molecule has 0 radical (unpaired) electrons. The summed E-state index contributed by atoms with van der Waals surface area (Å²) in [5.41, 5.74) is 0. The molecule has 1 aliphatic heterocycles. The van der Waals surface area contributed by atoms with Crippen molar-refractivity contribution in [2.75, 3.05) is 39.3 Å². The van der Waals surface area contributed by atoms with Gasteiger partial charge in [-0.25, -0.2) is 0 Å². The molecule has 0 aliphatic carbocycles. The molecule has 1 saturated heterocycles. The number of carbonyl (C=O) groups is 2. The Morgan fingerprint density at radius 3 is 1.89 bits per heavy atom. The molecule has 0 saturated carbocycles. The fourth-order valence-corrected chi connectivity index (χ4v) is 4.46. The van der Waals surface area contributed by atoms with E-state index in [0.717, 1.165) is 0 Å². The highest BCUT2D eigenvalue weighted by Crippen LogP contribution is 2.29. The Bertz CT molecular complexity index is 1040. The summed E-state index contributed by atoms with van der Waals surface area (Å²) in [6.45, 7) is 7.02. The Kier molecular flexibility index (Phi) is 10.2. The van der Waals surface area contributed by atoms with Crippen LogP contribution in [-0.4, -0.2) is 73.1 Å². The molecule has 2 amide bonds. The van der Waals surface area contributed by atoms with Crippen LogP contribution in [0.5, 0.6) is 11.5 Å². The molecule has 2 aromatic carbocycles. The van der Waals surface area contributed by atoms with E-state index in [4.69, 9.17) is 55.9 Å². The number of nitrogens with zero attached hydrogens (tertiary/aromatic N) is 2. The molecule has 0 bridgehead atoms. The van der Waals surface area contributed by atoms with Gasteiger partial charge in [0.15, 0.2) is 12.2 Å². The zero-order valence-corrected chi connectivity index (χ0v) is 22.4. The largest absolute Gasteiger partial charge is 0.479 e. The molecule has 11 heteroatoms. The Morgan fingerprint density at radius 2 is 1.37 bits per heavy atom. The lowest BCUT2D eigenvalue weighted by molar-refractivity contribution is -0.139. The van der Waals surface area contributed by atoms with Crippen molar-refractivity contribution in [3.05, 3.63) is 56.5 Å². The Balaban J connectivity index is 1.37. The second-order valence-corrected chi connectivity index (χ2v) is 9.81. The van der Waals surface area contributed by atoms with Crippen molar-refractivity contribution in [3.8, 4) is 11.5 Å². The third kappa shape index (κ3) is 8.05. The number of amides is 2. The minimum atomic E-state index is -0.709.